The minimum Gasteiger partial charge on any atom is -0.0735 e. The van der Waals surface area contributed by atoms with Crippen molar-refractivity contribution >= 4 is 11.1 Å². The van der Waals surface area contributed by atoms with Crippen LogP contribution < -0.4 is 0 Å². The Morgan fingerprint density at radius 2 is 1.33 bits per heavy atom. The Kier molecular flexibility index (Phi) is 3.08. The van der Waals surface area contributed by atoms with Crippen LogP contribution in [-0.4, -0.2) is 0 Å². The summed E-state index contributed by atoms with van der Waals surface area (Å²) in [7, 11) is 0. The maximum Gasteiger partial charge on any atom is -0.0108 e. The van der Waals surface area contributed by atoms with Crippen LogP contribution in [0, 0.1) is 5.92 Å². The summed E-state index contributed by atoms with van der Waals surface area (Å²) in [6, 6.07) is 21.4. The van der Waals surface area contributed by atoms with Gasteiger partial charge in [0.05, 0.1) is 0 Å². The van der Waals surface area contributed by atoms with Crippen LogP contribution in [0.2, 0.25) is 0 Å². The van der Waals surface area contributed by atoms with Crippen LogP contribution in [0.1, 0.15) is 24.0 Å². The number of benzene rings is 2. The van der Waals surface area contributed by atoms with Gasteiger partial charge in [-0.3, -0.25) is 0 Å². The second kappa shape index (κ2) is 5.21. The molecule has 0 nitrogen and oxygen atoms in total. The van der Waals surface area contributed by atoms with Gasteiger partial charge in [0.2, 0.25) is 0 Å². The lowest BCUT2D eigenvalue weighted by atomic mass is 10.00. The van der Waals surface area contributed by atoms with Crippen molar-refractivity contribution in [3.63, 3.8) is 0 Å². The van der Waals surface area contributed by atoms with Gasteiger partial charge in [0.15, 0.2) is 0 Å². The molecule has 102 valence electrons. The van der Waals surface area contributed by atoms with Gasteiger partial charge in [0, 0.05) is 0 Å². The molecular formula is C21H18. The van der Waals surface area contributed by atoms with E-state index in [1.807, 2.05) is 0 Å². The Morgan fingerprint density at radius 3 is 1.95 bits per heavy atom. The highest BCUT2D eigenvalue weighted by molar-refractivity contribution is 5.99. The van der Waals surface area contributed by atoms with Crippen molar-refractivity contribution in [2.45, 2.75) is 12.8 Å². The van der Waals surface area contributed by atoms with Gasteiger partial charge in [-0.05, 0) is 58.8 Å². The molecule has 2 aliphatic rings. The van der Waals surface area contributed by atoms with Gasteiger partial charge in [-0.1, -0.05) is 66.7 Å². The van der Waals surface area contributed by atoms with E-state index in [2.05, 4.69) is 78.9 Å². The summed E-state index contributed by atoms with van der Waals surface area (Å²) >= 11 is 0. The van der Waals surface area contributed by atoms with E-state index in [1.165, 1.54) is 40.7 Å². The van der Waals surface area contributed by atoms with E-state index in [1.54, 1.807) is 0 Å². The van der Waals surface area contributed by atoms with Crippen LogP contribution in [0.5, 0.6) is 0 Å². The van der Waals surface area contributed by atoms with Crippen LogP contribution in [0.25, 0.3) is 11.1 Å². The predicted molar refractivity (Wildman–Crippen MR) is 89.6 cm³/mol. The van der Waals surface area contributed by atoms with E-state index >= 15 is 0 Å². The van der Waals surface area contributed by atoms with Crippen molar-refractivity contribution in [2.24, 2.45) is 5.92 Å². The molecular weight excluding hydrogens is 252 g/mol. The fourth-order valence-electron chi connectivity index (χ4n) is 2.85. The van der Waals surface area contributed by atoms with E-state index in [4.69, 9.17) is 0 Å². The molecule has 0 aliphatic heterocycles. The van der Waals surface area contributed by atoms with Gasteiger partial charge in [0.25, 0.3) is 0 Å². The van der Waals surface area contributed by atoms with Crippen LogP contribution >= 0.6 is 0 Å². The highest BCUT2D eigenvalue weighted by Crippen LogP contribution is 2.40. The van der Waals surface area contributed by atoms with E-state index in [9.17, 15) is 0 Å². The fraction of sp³-hybridized carbons (Fsp3) is 0.143. The van der Waals surface area contributed by atoms with Gasteiger partial charge < -0.3 is 0 Å². The molecule has 2 aromatic rings. The first-order valence-corrected chi connectivity index (χ1v) is 7.66. The molecule has 0 heteroatoms. The van der Waals surface area contributed by atoms with Crippen molar-refractivity contribution in [3.05, 3.63) is 95.6 Å². The highest BCUT2D eigenvalue weighted by Gasteiger charge is 2.22. The molecule has 0 N–H and O–H groups in total. The third-order valence-electron chi connectivity index (χ3n) is 4.15. The molecule has 0 bridgehead atoms. The summed E-state index contributed by atoms with van der Waals surface area (Å²) in [5.74, 6) is 0.790. The molecule has 1 saturated carbocycles. The van der Waals surface area contributed by atoms with Crippen molar-refractivity contribution in [2.75, 3.05) is 0 Å². The molecule has 0 radical (unpaired) electrons. The van der Waals surface area contributed by atoms with Gasteiger partial charge in [-0.15, -0.1) is 0 Å². The number of allylic oxidation sites excluding steroid dienone is 6. The zero-order valence-electron chi connectivity index (χ0n) is 12.0. The van der Waals surface area contributed by atoms with Crippen molar-refractivity contribution in [3.8, 4) is 0 Å². The third-order valence-corrected chi connectivity index (χ3v) is 4.15. The number of rotatable bonds is 3. The van der Waals surface area contributed by atoms with Crippen LogP contribution in [0.4, 0.5) is 0 Å². The first-order valence-electron chi connectivity index (χ1n) is 7.66. The summed E-state index contributed by atoms with van der Waals surface area (Å²) < 4.78 is 0. The quantitative estimate of drug-likeness (QED) is 0.690. The Bertz CT molecular complexity index is 726. The predicted octanol–water partition coefficient (Wildman–Crippen LogP) is 5.50. The van der Waals surface area contributed by atoms with E-state index in [0.717, 1.165) is 5.92 Å². The smallest absolute Gasteiger partial charge is 0.0108 e. The lowest BCUT2D eigenvalue weighted by Crippen LogP contribution is -1.84. The first-order chi connectivity index (χ1) is 10.4. The van der Waals surface area contributed by atoms with Gasteiger partial charge in [0.1, 0.15) is 0 Å². The average molecular weight is 270 g/mol. The SMILES string of the molecule is C1=C(c2ccccc2)C=C(c2ccccc2)/C1=C/C1CC1. The topological polar surface area (TPSA) is 0 Å². The lowest BCUT2D eigenvalue weighted by Gasteiger charge is -2.04. The van der Waals surface area contributed by atoms with Gasteiger partial charge >= 0.3 is 0 Å². The van der Waals surface area contributed by atoms with Crippen molar-refractivity contribution in [1.29, 1.82) is 0 Å². The zero-order valence-corrected chi connectivity index (χ0v) is 12.0. The second-order valence-corrected chi connectivity index (χ2v) is 5.85. The molecule has 0 amide bonds. The minimum absolute atomic E-state index is 0.790. The summed E-state index contributed by atoms with van der Waals surface area (Å²) in [5.41, 5.74) is 6.68. The van der Waals surface area contributed by atoms with Gasteiger partial charge in [-0.25, -0.2) is 0 Å². The lowest BCUT2D eigenvalue weighted by molar-refractivity contribution is 1.11. The highest BCUT2D eigenvalue weighted by atomic mass is 14.3. The second-order valence-electron chi connectivity index (χ2n) is 5.85. The molecule has 0 aromatic heterocycles. The fourth-order valence-corrected chi connectivity index (χ4v) is 2.85. The monoisotopic (exact) mass is 270 g/mol. The standard InChI is InChI=1S/C21H18/c1-3-7-17(8-4-1)19-14-20(13-16-11-12-16)21(15-19)18-9-5-2-6-10-18/h1-10,13-16H,11-12H2/b20-13+. The van der Waals surface area contributed by atoms with Gasteiger partial charge in [-0.2, -0.15) is 0 Å². The molecule has 1 fully saturated rings. The van der Waals surface area contributed by atoms with E-state index in [0.29, 0.717) is 0 Å². The Hall–Kier alpha value is -2.34. The molecule has 0 unspecified atom stereocenters. The van der Waals surface area contributed by atoms with Crippen LogP contribution in [0.15, 0.2) is 84.5 Å². The summed E-state index contributed by atoms with van der Waals surface area (Å²) in [6.07, 6.45) is 9.82. The Labute approximate surface area is 126 Å². The molecule has 4 rings (SSSR count). The average Bonchev–Trinajstić information content (AvgIpc) is 3.26. The van der Waals surface area contributed by atoms with E-state index in [-0.39, 0.29) is 0 Å². The minimum atomic E-state index is 0.790. The molecule has 0 saturated heterocycles. The summed E-state index contributed by atoms with van der Waals surface area (Å²) in [6.45, 7) is 0. The maximum atomic E-state index is 2.45. The van der Waals surface area contributed by atoms with Crippen LogP contribution in [-0.2, 0) is 0 Å². The zero-order chi connectivity index (χ0) is 14.1. The number of hydrogen-bond acceptors (Lipinski definition) is 0. The van der Waals surface area contributed by atoms with Crippen LogP contribution in [0.3, 0.4) is 0 Å². The first kappa shape index (κ1) is 12.4. The molecule has 2 aromatic carbocycles. The number of hydrogen-bond donors (Lipinski definition) is 0. The third kappa shape index (κ3) is 2.62. The maximum absolute atomic E-state index is 2.45. The molecule has 0 heterocycles. The van der Waals surface area contributed by atoms with Crippen molar-refractivity contribution in [1.82, 2.24) is 0 Å². The molecule has 2 aliphatic carbocycles. The van der Waals surface area contributed by atoms with E-state index < -0.39 is 0 Å². The summed E-state index contributed by atoms with van der Waals surface area (Å²) in [5, 5.41) is 0. The molecule has 0 spiro atoms. The Morgan fingerprint density at radius 1 is 0.714 bits per heavy atom. The molecule has 0 atom stereocenters. The largest absolute Gasteiger partial charge is 0.0735 e. The molecule has 21 heavy (non-hydrogen) atoms. The normalized spacial score (nSPS) is 19.5. The van der Waals surface area contributed by atoms with Crippen molar-refractivity contribution < 1.29 is 0 Å². The summed E-state index contributed by atoms with van der Waals surface area (Å²) in [4.78, 5) is 0. The Balaban J connectivity index is 1.77.